The molecule has 0 amide bonds. The van der Waals surface area contributed by atoms with Crippen LogP contribution in [0.15, 0.2) is 18.5 Å². The average molecular weight is 233 g/mol. The molecule has 0 aliphatic carbocycles. The third-order valence-corrected chi connectivity index (χ3v) is 2.42. The van der Waals surface area contributed by atoms with E-state index < -0.39 is 5.97 Å². The molecule has 0 spiro atoms. The lowest BCUT2D eigenvalue weighted by molar-refractivity contribution is 0.0519. The van der Waals surface area contributed by atoms with Crippen molar-refractivity contribution in [2.45, 2.75) is 26.7 Å². The summed E-state index contributed by atoms with van der Waals surface area (Å²) in [6.07, 6.45) is 3.69. The quantitative estimate of drug-likeness (QED) is 0.761. The zero-order valence-electron chi connectivity index (χ0n) is 10.2. The predicted molar refractivity (Wildman–Crippen MR) is 63.0 cm³/mol. The van der Waals surface area contributed by atoms with E-state index in [1.54, 1.807) is 23.6 Å². The van der Waals surface area contributed by atoms with Crippen LogP contribution in [0.25, 0.3) is 5.78 Å². The highest BCUT2D eigenvalue weighted by atomic mass is 16.5. The SMILES string of the molecule is CCOC(=O)c1ccn2cc(C(C)C)nc2n1. The third-order valence-electron chi connectivity index (χ3n) is 2.42. The van der Waals surface area contributed by atoms with Crippen LogP contribution in [0.5, 0.6) is 0 Å². The summed E-state index contributed by atoms with van der Waals surface area (Å²) in [4.78, 5) is 20.0. The van der Waals surface area contributed by atoms with Gasteiger partial charge in [-0.25, -0.2) is 14.8 Å². The summed E-state index contributed by atoms with van der Waals surface area (Å²) in [7, 11) is 0. The van der Waals surface area contributed by atoms with Gasteiger partial charge in [-0.3, -0.25) is 4.40 Å². The maximum atomic E-state index is 11.5. The Morgan fingerprint density at radius 3 is 2.88 bits per heavy atom. The van der Waals surface area contributed by atoms with Crippen LogP contribution in [0.3, 0.4) is 0 Å². The number of fused-ring (bicyclic) bond motifs is 1. The molecular formula is C12H15N3O2. The van der Waals surface area contributed by atoms with Crippen LogP contribution in [-0.4, -0.2) is 26.9 Å². The molecule has 17 heavy (non-hydrogen) atoms. The van der Waals surface area contributed by atoms with Gasteiger partial charge >= 0.3 is 5.97 Å². The Kier molecular flexibility index (Phi) is 3.08. The van der Waals surface area contributed by atoms with Gasteiger partial charge in [0, 0.05) is 12.4 Å². The molecule has 0 aliphatic heterocycles. The summed E-state index contributed by atoms with van der Waals surface area (Å²) >= 11 is 0. The van der Waals surface area contributed by atoms with Gasteiger partial charge in [0.25, 0.3) is 0 Å². The lowest BCUT2D eigenvalue weighted by Gasteiger charge is -2.00. The molecule has 0 saturated heterocycles. The normalized spacial score (nSPS) is 11.1. The minimum Gasteiger partial charge on any atom is -0.461 e. The number of carbonyl (C=O) groups excluding carboxylic acids is 1. The Morgan fingerprint density at radius 2 is 2.24 bits per heavy atom. The van der Waals surface area contributed by atoms with Crippen LogP contribution >= 0.6 is 0 Å². The smallest absolute Gasteiger partial charge is 0.357 e. The summed E-state index contributed by atoms with van der Waals surface area (Å²) < 4.78 is 6.70. The number of hydrogen-bond acceptors (Lipinski definition) is 4. The van der Waals surface area contributed by atoms with Crippen LogP contribution in [-0.2, 0) is 4.74 Å². The molecule has 0 saturated carbocycles. The lowest BCUT2D eigenvalue weighted by atomic mass is 10.2. The fourth-order valence-corrected chi connectivity index (χ4v) is 1.49. The first kappa shape index (κ1) is 11.6. The van der Waals surface area contributed by atoms with Gasteiger partial charge in [-0.15, -0.1) is 0 Å². The average Bonchev–Trinajstić information content (AvgIpc) is 2.71. The van der Waals surface area contributed by atoms with Crippen molar-refractivity contribution in [2.75, 3.05) is 6.61 Å². The summed E-state index contributed by atoms with van der Waals surface area (Å²) in [6.45, 7) is 6.24. The highest BCUT2D eigenvalue weighted by Gasteiger charge is 2.11. The van der Waals surface area contributed by atoms with Gasteiger partial charge in [-0.1, -0.05) is 13.8 Å². The molecule has 5 heteroatoms. The van der Waals surface area contributed by atoms with Crippen molar-refractivity contribution < 1.29 is 9.53 Å². The second-order valence-electron chi connectivity index (χ2n) is 4.06. The van der Waals surface area contributed by atoms with Crippen molar-refractivity contribution in [3.05, 3.63) is 29.8 Å². The number of esters is 1. The van der Waals surface area contributed by atoms with Crippen LogP contribution in [0.2, 0.25) is 0 Å². The standard InChI is InChI=1S/C12H15N3O2/c1-4-17-11(16)9-5-6-15-7-10(8(2)3)14-12(15)13-9/h5-8H,4H2,1-3H3. The van der Waals surface area contributed by atoms with Gasteiger partial charge in [-0.05, 0) is 18.9 Å². The van der Waals surface area contributed by atoms with E-state index in [2.05, 4.69) is 23.8 Å². The summed E-state index contributed by atoms with van der Waals surface area (Å²) in [5, 5.41) is 0. The van der Waals surface area contributed by atoms with E-state index in [-0.39, 0.29) is 0 Å². The second-order valence-corrected chi connectivity index (χ2v) is 4.06. The molecule has 0 aromatic carbocycles. The van der Waals surface area contributed by atoms with Gasteiger partial charge in [0.1, 0.15) is 0 Å². The minimum atomic E-state index is -0.413. The Labute approximate surface area is 99.5 Å². The summed E-state index contributed by atoms with van der Waals surface area (Å²) in [6, 6.07) is 1.64. The maximum absolute atomic E-state index is 11.5. The van der Waals surface area contributed by atoms with E-state index in [1.807, 2.05) is 6.20 Å². The number of nitrogens with zero attached hydrogens (tertiary/aromatic N) is 3. The van der Waals surface area contributed by atoms with Crippen molar-refractivity contribution in [1.29, 1.82) is 0 Å². The van der Waals surface area contributed by atoms with Gasteiger partial charge in [0.05, 0.1) is 12.3 Å². The highest BCUT2D eigenvalue weighted by Crippen LogP contribution is 2.13. The zero-order valence-corrected chi connectivity index (χ0v) is 10.2. The Morgan fingerprint density at radius 1 is 1.47 bits per heavy atom. The molecule has 0 fully saturated rings. The number of rotatable bonds is 3. The third kappa shape index (κ3) is 2.27. The molecule has 2 aromatic rings. The van der Waals surface area contributed by atoms with Crippen LogP contribution in [0, 0.1) is 0 Å². The first-order valence-corrected chi connectivity index (χ1v) is 5.64. The molecule has 5 nitrogen and oxygen atoms in total. The van der Waals surface area contributed by atoms with E-state index >= 15 is 0 Å². The maximum Gasteiger partial charge on any atom is 0.357 e. The topological polar surface area (TPSA) is 56.5 Å². The summed E-state index contributed by atoms with van der Waals surface area (Å²) in [5.41, 5.74) is 1.25. The molecule has 0 bridgehead atoms. The van der Waals surface area contributed by atoms with Crippen molar-refractivity contribution in [1.82, 2.24) is 14.4 Å². The molecule has 2 rings (SSSR count). The Bertz CT molecular complexity index is 546. The molecule has 2 aromatic heterocycles. The van der Waals surface area contributed by atoms with Gasteiger partial charge in [0.2, 0.25) is 5.78 Å². The van der Waals surface area contributed by atoms with Crippen LogP contribution in [0.1, 0.15) is 42.9 Å². The van der Waals surface area contributed by atoms with Crippen molar-refractivity contribution in [3.63, 3.8) is 0 Å². The van der Waals surface area contributed by atoms with Crippen LogP contribution < -0.4 is 0 Å². The number of hydrogen-bond donors (Lipinski definition) is 0. The van der Waals surface area contributed by atoms with E-state index in [9.17, 15) is 4.79 Å². The zero-order chi connectivity index (χ0) is 12.4. The molecule has 0 unspecified atom stereocenters. The molecule has 0 aliphatic rings. The fourth-order valence-electron chi connectivity index (χ4n) is 1.49. The molecule has 0 atom stereocenters. The van der Waals surface area contributed by atoms with E-state index in [1.165, 1.54) is 0 Å². The second kappa shape index (κ2) is 4.53. The molecule has 2 heterocycles. The fraction of sp³-hybridized carbons (Fsp3) is 0.417. The number of ether oxygens (including phenoxy) is 1. The van der Waals surface area contributed by atoms with Crippen molar-refractivity contribution >= 4 is 11.7 Å². The van der Waals surface area contributed by atoms with Gasteiger partial charge in [0.15, 0.2) is 5.69 Å². The molecule has 90 valence electrons. The Balaban J connectivity index is 2.40. The Hall–Kier alpha value is -1.91. The minimum absolute atomic E-state index is 0.292. The number of carbonyl (C=O) groups is 1. The van der Waals surface area contributed by atoms with E-state index in [0.717, 1.165) is 5.69 Å². The monoisotopic (exact) mass is 233 g/mol. The first-order chi connectivity index (χ1) is 8.11. The van der Waals surface area contributed by atoms with Crippen LogP contribution in [0.4, 0.5) is 0 Å². The predicted octanol–water partition coefficient (Wildman–Crippen LogP) is 2.03. The van der Waals surface area contributed by atoms with Gasteiger partial charge < -0.3 is 4.74 Å². The lowest BCUT2D eigenvalue weighted by Crippen LogP contribution is -2.07. The summed E-state index contributed by atoms with van der Waals surface area (Å²) in [5.74, 6) is 0.450. The van der Waals surface area contributed by atoms with E-state index in [0.29, 0.717) is 24.0 Å². The molecule has 0 N–H and O–H groups in total. The van der Waals surface area contributed by atoms with Gasteiger partial charge in [-0.2, -0.15) is 0 Å². The molecule has 0 radical (unpaired) electrons. The first-order valence-electron chi connectivity index (χ1n) is 5.64. The highest BCUT2D eigenvalue weighted by molar-refractivity contribution is 5.87. The van der Waals surface area contributed by atoms with Crippen molar-refractivity contribution in [2.24, 2.45) is 0 Å². The largest absolute Gasteiger partial charge is 0.461 e. The number of imidazole rings is 1. The number of aromatic nitrogens is 3. The van der Waals surface area contributed by atoms with Crippen molar-refractivity contribution in [3.8, 4) is 0 Å². The molecular weight excluding hydrogens is 218 g/mol. The van der Waals surface area contributed by atoms with E-state index in [4.69, 9.17) is 4.74 Å².